The Morgan fingerprint density at radius 1 is 1.19 bits per heavy atom. The second-order valence-corrected chi connectivity index (χ2v) is 6.84. The van der Waals surface area contributed by atoms with Crippen LogP contribution in [0.25, 0.3) is 11.3 Å². The highest BCUT2D eigenvalue weighted by Gasteiger charge is 2.31. The van der Waals surface area contributed by atoms with Gasteiger partial charge in [-0.1, -0.05) is 30.3 Å². The van der Waals surface area contributed by atoms with Crippen LogP contribution in [0.5, 0.6) is 0 Å². The molecule has 5 nitrogen and oxygen atoms in total. The number of Topliss-reactive ketones (excluding diaryl/α,β-unsaturated/α-hetero) is 1. The lowest BCUT2D eigenvalue weighted by atomic mass is 9.84. The summed E-state index contributed by atoms with van der Waals surface area (Å²) in [7, 11) is 0. The first kappa shape index (κ1) is 16.5. The first-order valence-corrected chi connectivity index (χ1v) is 8.79. The molecule has 1 aliphatic carbocycles. The van der Waals surface area contributed by atoms with Gasteiger partial charge in [-0.25, -0.2) is 4.98 Å². The van der Waals surface area contributed by atoms with E-state index in [1.807, 2.05) is 30.3 Å². The monoisotopic (exact) mass is 347 g/mol. The van der Waals surface area contributed by atoms with Gasteiger partial charge in [0.2, 0.25) is 0 Å². The topological polar surface area (TPSA) is 92.0 Å². The van der Waals surface area contributed by atoms with E-state index in [9.17, 15) is 9.90 Å². The zero-order chi connectivity index (χ0) is 18.1. The number of anilines is 1. The molecule has 0 radical (unpaired) electrons. The predicted molar refractivity (Wildman–Crippen MR) is 101 cm³/mol. The molecule has 0 saturated heterocycles. The molecule has 1 unspecified atom stereocenters. The van der Waals surface area contributed by atoms with Crippen molar-refractivity contribution in [3.05, 3.63) is 71.0 Å². The van der Waals surface area contributed by atoms with E-state index in [1.165, 1.54) is 0 Å². The molecule has 0 amide bonds. The van der Waals surface area contributed by atoms with Crippen LogP contribution in [-0.4, -0.2) is 27.5 Å². The summed E-state index contributed by atoms with van der Waals surface area (Å²) in [5.74, 6) is 0.523. The van der Waals surface area contributed by atoms with Gasteiger partial charge in [0.25, 0.3) is 0 Å². The number of aliphatic hydroxyl groups is 1. The van der Waals surface area contributed by atoms with E-state index in [0.717, 1.165) is 33.6 Å². The SMILES string of the molecule is Nc1cc(-c2[nH]c3c(c2Cc2ccccc2)C(=O)CC(CO)C3)ccn1. The number of aromatic nitrogens is 2. The summed E-state index contributed by atoms with van der Waals surface area (Å²) in [6.07, 6.45) is 3.41. The lowest BCUT2D eigenvalue weighted by Gasteiger charge is -2.19. The molecule has 0 aliphatic heterocycles. The number of nitrogens with zero attached hydrogens (tertiary/aromatic N) is 1. The molecule has 2 aromatic heterocycles. The number of nitrogen functional groups attached to an aromatic ring is 1. The van der Waals surface area contributed by atoms with E-state index in [2.05, 4.69) is 22.1 Å². The van der Waals surface area contributed by atoms with Crippen molar-refractivity contribution < 1.29 is 9.90 Å². The molecule has 0 saturated carbocycles. The minimum atomic E-state index is -0.0198. The zero-order valence-corrected chi connectivity index (χ0v) is 14.4. The van der Waals surface area contributed by atoms with Gasteiger partial charge in [-0.2, -0.15) is 0 Å². The molecule has 0 bridgehead atoms. The summed E-state index contributed by atoms with van der Waals surface area (Å²) >= 11 is 0. The second kappa shape index (κ2) is 6.77. The van der Waals surface area contributed by atoms with Gasteiger partial charge in [0, 0.05) is 42.5 Å². The molecule has 3 aromatic rings. The van der Waals surface area contributed by atoms with Crippen LogP contribution < -0.4 is 5.73 Å². The number of benzene rings is 1. The van der Waals surface area contributed by atoms with E-state index < -0.39 is 0 Å². The number of hydrogen-bond donors (Lipinski definition) is 3. The van der Waals surface area contributed by atoms with Gasteiger partial charge < -0.3 is 15.8 Å². The van der Waals surface area contributed by atoms with Gasteiger partial charge in [-0.05, 0) is 35.6 Å². The van der Waals surface area contributed by atoms with E-state index in [0.29, 0.717) is 25.1 Å². The second-order valence-electron chi connectivity index (χ2n) is 6.84. The Morgan fingerprint density at radius 3 is 2.73 bits per heavy atom. The fourth-order valence-electron chi connectivity index (χ4n) is 3.77. The Morgan fingerprint density at radius 2 is 2.00 bits per heavy atom. The highest BCUT2D eigenvalue weighted by Crippen LogP contribution is 2.36. The zero-order valence-electron chi connectivity index (χ0n) is 14.4. The number of fused-ring (bicyclic) bond motifs is 1. The van der Waals surface area contributed by atoms with Crippen molar-refractivity contribution in [1.82, 2.24) is 9.97 Å². The van der Waals surface area contributed by atoms with Crippen molar-refractivity contribution in [2.75, 3.05) is 12.3 Å². The number of aromatic amines is 1. The number of hydrogen-bond acceptors (Lipinski definition) is 4. The molecule has 1 aliphatic rings. The fourth-order valence-corrected chi connectivity index (χ4v) is 3.77. The molecule has 1 aromatic carbocycles. The molecule has 26 heavy (non-hydrogen) atoms. The third-order valence-corrected chi connectivity index (χ3v) is 4.98. The van der Waals surface area contributed by atoms with Crippen LogP contribution in [-0.2, 0) is 12.8 Å². The Bertz CT molecular complexity index is 947. The molecule has 0 fully saturated rings. The van der Waals surface area contributed by atoms with Crippen LogP contribution >= 0.6 is 0 Å². The smallest absolute Gasteiger partial charge is 0.165 e. The Kier molecular flexibility index (Phi) is 4.31. The number of aliphatic hydroxyl groups excluding tert-OH is 1. The van der Waals surface area contributed by atoms with Gasteiger partial charge in [0.1, 0.15) is 5.82 Å². The van der Waals surface area contributed by atoms with Crippen molar-refractivity contribution >= 4 is 11.6 Å². The van der Waals surface area contributed by atoms with Crippen molar-refractivity contribution in [3.63, 3.8) is 0 Å². The van der Waals surface area contributed by atoms with E-state index in [1.54, 1.807) is 6.20 Å². The van der Waals surface area contributed by atoms with Crippen LogP contribution in [0.3, 0.4) is 0 Å². The van der Waals surface area contributed by atoms with E-state index in [-0.39, 0.29) is 18.3 Å². The maximum Gasteiger partial charge on any atom is 0.165 e. The average Bonchev–Trinajstić information content (AvgIpc) is 3.01. The van der Waals surface area contributed by atoms with Crippen LogP contribution in [0, 0.1) is 5.92 Å². The number of nitrogens with two attached hydrogens (primary N) is 1. The summed E-state index contributed by atoms with van der Waals surface area (Å²) in [4.78, 5) is 20.3. The highest BCUT2D eigenvalue weighted by atomic mass is 16.3. The molecule has 2 heterocycles. The first-order valence-electron chi connectivity index (χ1n) is 8.79. The maximum absolute atomic E-state index is 12.8. The molecule has 1 atom stereocenters. The number of carbonyl (C=O) groups excluding carboxylic acids is 1. The normalized spacial score (nSPS) is 16.5. The number of ketones is 1. The molecule has 4 rings (SSSR count). The van der Waals surface area contributed by atoms with Crippen LogP contribution in [0.2, 0.25) is 0 Å². The average molecular weight is 347 g/mol. The quantitative estimate of drug-likeness (QED) is 0.676. The van der Waals surface area contributed by atoms with Crippen molar-refractivity contribution in [2.45, 2.75) is 19.3 Å². The highest BCUT2D eigenvalue weighted by molar-refractivity contribution is 6.02. The number of pyridine rings is 1. The van der Waals surface area contributed by atoms with Gasteiger partial charge in [0.15, 0.2) is 5.78 Å². The number of carbonyl (C=O) groups is 1. The van der Waals surface area contributed by atoms with Gasteiger partial charge in [-0.15, -0.1) is 0 Å². The van der Waals surface area contributed by atoms with Crippen LogP contribution in [0.15, 0.2) is 48.7 Å². The third kappa shape index (κ3) is 3.02. The summed E-state index contributed by atoms with van der Waals surface area (Å²) in [6.45, 7) is 0.0236. The summed E-state index contributed by atoms with van der Waals surface area (Å²) in [5.41, 5.74) is 11.5. The predicted octanol–water partition coefficient (Wildman–Crippen LogP) is 2.99. The minimum Gasteiger partial charge on any atom is -0.396 e. The lowest BCUT2D eigenvalue weighted by Crippen LogP contribution is -2.22. The number of rotatable bonds is 4. The summed E-state index contributed by atoms with van der Waals surface area (Å²) in [5, 5.41) is 9.51. The standard InChI is InChI=1S/C21H21N3O2/c22-19-11-15(6-7-23-19)21-16(8-13-4-2-1-3-5-13)20-17(24-21)9-14(12-25)10-18(20)26/h1-7,11,14,24-25H,8-10,12H2,(H2,22,23). The molecule has 4 N–H and O–H groups in total. The Hall–Kier alpha value is -2.92. The first-order chi connectivity index (χ1) is 12.7. The van der Waals surface area contributed by atoms with E-state index in [4.69, 9.17) is 5.73 Å². The van der Waals surface area contributed by atoms with Crippen LogP contribution in [0.1, 0.15) is 33.6 Å². The fraction of sp³-hybridized carbons (Fsp3) is 0.238. The van der Waals surface area contributed by atoms with E-state index >= 15 is 0 Å². The molecule has 132 valence electrons. The third-order valence-electron chi connectivity index (χ3n) is 4.98. The number of H-pyrrole nitrogens is 1. The molecular formula is C21H21N3O2. The summed E-state index contributed by atoms with van der Waals surface area (Å²) in [6, 6.07) is 13.8. The Labute approximate surface area is 151 Å². The lowest BCUT2D eigenvalue weighted by molar-refractivity contribution is 0.0917. The number of nitrogens with one attached hydrogen (secondary N) is 1. The van der Waals surface area contributed by atoms with Crippen molar-refractivity contribution in [1.29, 1.82) is 0 Å². The van der Waals surface area contributed by atoms with Gasteiger partial charge >= 0.3 is 0 Å². The Balaban J connectivity index is 1.86. The van der Waals surface area contributed by atoms with Crippen LogP contribution in [0.4, 0.5) is 5.82 Å². The molecular weight excluding hydrogens is 326 g/mol. The largest absolute Gasteiger partial charge is 0.396 e. The summed E-state index contributed by atoms with van der Waals surface area (Å²) < 4.78 is 0. The minimum absolute atomic E-state index is 0.0198. The van der Waals surface area contributed by atoms with Gasteiger partial charge in [0.05, 0.1) is 5.69 Å². The van der Waals surface area contributed by atoms with Crippen molar-refractivity contribution in [2.24, 2.45) is 5.92 Å². The molecule has 5 heteroatoms. The maximum atomic E-state index is 12.8. The van der Waals surface area contributed by atoms with Crippen molar-refractivity contribution in [3.8, 4) is 11.3 Å². The molecule has 0 spiro atoms. The van der Waals surface area contributed by atoms with Gasteiger partial charge in [-0.3, -0.25) is 4.79 Å².